The molecular weight excluding hydrogens is 264 g/mol. The van der Waals surface area contributed by atoms with Gasteiger partial charge in [-0.05, 0) is 49.2 Å². The molecule has 2 aromatic rings. The molecule has 2 N–H and O–H groups in total. The van der Waals surface area contributed by atoms with Crippen molar-refractivity contribution in [1.82, 2.24) is 0 Å². The highest BCUT2D eigenvalue weighted by molar-refractivity contribution is 7.91. The quantitative estimate of drug-likeness (QED) is 0.885. The van der Waals surface area contributed by atoms with Crippen molar-refractivity contribution in [2.45, 2.75) is 23.6 Å². The summed E-state index contributed by atoms with van der Waals surface area (Å²) in [7, 11) is -3.79. The Bertz CT molecular complexity index is 710. The van der Waals surface area contributed by atoms with E-state index in [4.69, 9.17) is 0 Å². The molecule has 0 saturated carbocycles. The number of phenols is 2. The topological polar surface area (TPSA) is 74.6 Å². The average Bonchev–Trinajstić information content (AvgIpc) is 2.35. The molecule has 0 unspecified atom stereocenters. The Labute approximate surface area is 111 Å². The van der Waals surface area contributed by atoms with Crippen molar-refractivity contribution in [2.24, 2.45) is 0 Å². The first kappa shape index (κ1) is 13.4. The molecule has 2 aromatic carbocycles. The number of sulfone groups is 1. The van der Waals surface area contributed by atoms with Gasteiger partial charge in [0, 0.05) is 0 Å². The molecule has 5 heteroatoms. The Kier molecular flexibility index (Phi) is 3.24. The molecule has 100 valence electrons. The summed E-state index contributed by atoms with van der Waals surface area (Å²) in [5.74, 6) is -0.206. The maximum atomic E-state index is 12.4. The summed E-state index contributed by atoms with van der Waals surface area (Å²) >= 11 is 0. The number of rotatable bonds is 2. The fraction of sp³-hybridized carbons (Fsp3) is 0.143. The van der Waals surface area contributed by atoms with E-state index in [0.29, 0.717) is 11.1 Å². The van der Waals surface area contributed by atoms with Crippen molar-refractivity contribution in [1.29, 1.82) is 0 Å². The van der Waals surface area contributed by atoms with E-state index in [-0.39, 0.29) is 21.3 Å². The minimum atomic E-state index is -3.79. The molecule has 0 atom stereocenters. The molecule has 0 aliphatic carbocycles. The van der Waals surface area contributed by atoms with Gasteiger partial charge in [-0.15, -0.1) is 0 Å². The minimum absolute atomic E-state index is 0.0572. The van der Waals surface area contributed by atoms with Crippen LogP contribution in [0.1, 0.15) is 11.1 Å². The van der Waals surface area contributed by atoms with Gasteiger partial charge in [0.2, 0.25) is 9.84 Å². The molecule has 0 radical (unpaired) electrons. The van der Waals surface area contributed by atoms with Crippen LogP contribution >= 0.6 is 0 Å². The molecular formula is C14H14O4S. The van der Waals surface area contributed by atoms with Crippen molar-refractivity contribution in [3.05, 3.63) is 47.5 Å². The zero-order chi connectivity index (χ0) is 14.2. The lowest BCUT2D eigenvalue weighted by Crippen LogP contribution is -2.03. The van der Waals surface area contributed by atoms with Gasteiger partial charge in [-0.1, -0.05) is 12.1 Å². The number of aromatic hydroxyl groups is 2. The van der Waals surface area contributed by atoms with E-state index in [9.17, 15) is 18.6 Å². The van der Waals surface area contributed by atoms with Crippen molar-refractivity contribution in [2.75, 3.05) is 0 Å². The summed E-state index contributed by atoms with van der Waals surface area (Å²) in [5, 5.41) is 19.3. The average molecular weight is 278 g/mol. The Balaban J connectivity index is 2.68. The van der Waals surface area contributed by atoms with Crippen LogP contribution in [0.4, 0.5) is 0 Å². The Hall–Kier alpha value is -2.01. The standard InChI is InChI=1S/C14H14O4S/c1-9-7-11(8-10(2)14(9)16)19(17,18)13-6-4-3-5-12(13)15/h3-8,15-16H,1-2H3. The number of hydrogen-bond acceptors (Lipinski definition) is 4. The summed E-state index contributed by atoms with van der Waals surface area (Å²) in [6.45, 7) is 3.26. The lowest BCUT2D eigenvalue weighted by atomic mass is 10.1. The van der Waals surface area contributed by atoms with Crippen LogP contribution in [0.15, 0.2) is 46.2 Å². The fourth-order valence-electron chi connectivity index (χ4n) is 1.88. The van der Waals surface area contributed by atoms with Gasteiger partial charge in [0.05, 0.1) is 4.90 Å². The molecule has 4 nitrogen and oxygen atoms in total. The number of hydrogen-bond donors (Lipinski definition) is 2. The number of phenolic OH excluding ortho intramolecular Hbond substituents is 2. The van der Waals surface area contributed by atoms with Crippen molar-refractivity contribution in [3.8, 4) is 11.5 Å². The van der Waals surface area contributed by atoms with Gasteiger partial charge in [-0.2, -0.15) is 0 Å². The second-order valence-electron chi connectivity index (χ2n) is 4.38. The number of para-hydroxylation sites is 1. The van der Waals surface area contributed by atoms with Gasteiger partial charge in [0.25, 0.3) is 0 Å². The largest absolute Gasteiger partial charge is 0.507 e. The van der Waals surface area contributed by atoms with E-state index in [1.54, 1.807) is 26.0 Å². The van der Waals surface area contributed by atoms with E-state index < -0.39 is 9.84 Å². The molecule has 0 spiro atoms. The second-order valence-corrected chi connectivity index (χ2v) is 6.29. The molecule has 0 fully saturated rings. The summed E-state index contributed by atoms with van der Waals surface area (Å²) in [6, 6.07) is 8.57. The third-order valence-corrected chi connectivity index (χ3v) is 4.71. The third-order valence-electron chi connectivity index (χ3n) is 2.93. The third kappa shape index (κ3) is 2.29. The molecule has 19 heavy (non-hydrogen) atoms. The van der Waals surface area contributed by atoms with Crippen LogP contribution in [0.2, 0.25) is 0 Å². The van der Waals surface area contributed by atoms with Gasteiger partial charge >= 0.3 is 0 Å². The van der Waals surface area contributed by atoms with Gasteiger partial charge < -0.3 is 10.2 Å². The number of benzene rings is 2. The zero-order valence-corrected chi connectivity index (χ0v) is 11.4. The highest BCUT2D eigenvalue weighted by atomic mass is 32.2. The first-order chi connectivity index (χ1) is 8.84. The SMILES string of the molecule is Cc1cc(S(=O)(=O)c2ccccc2O)cc(C)c1O. The van der Waals surface area contributed by atoms with Crippen molar-refractivity contribution < 1.29 is 18.6 Å². The normalized spacial score (nSPS) is 11.5. The maximum absolute atomic E-state index is 12.4. The van der Waals surface area contributed by atoms with Gasteiger partial charge in [-0.3, -0.25) is 0 Å². The van der Waals surface area contributed by atoms with Gasteiger partial charge in [0.15, 0.2) is 0 Å². The fourth-order valence-corrected chi connectivity index (χ4v) is 3.40. The zero-order valence-electron chi connectivity index (χ0n) is 10.6. The van der Waals surface area contributed by atoms with Crippen LogP contribution in [0.5, 0.6) is 11.5 Å². The van der Waals surface area contributed by atoms with Crippen LogP contribution in [-0.4, -0.2) is 18.6 Å². The molecule has 0 bridgehead atoms. The smallest absolute Gasteiger partial charge is 0.210 e. The predicted octanol–water partition coefficient (Wildman–Crippen LogP) is 2.55. The molecule has 2 rings (SSSR count). The molecule has 0 aromatic heterocycles. The van der Waals surface area contributed by atoms with Crippen molar-refractivity contribution >= 4 is 9.84 Å². The number of aryl methyl sites for hydroxylation is 2. The van der Waals surface area contributed by atoms with E-state index in [2.05, 4.69) is 0 Å². The molecule has 0 aliphatic heterocycles. The summed E-state index contributed by atoms with van der Waals surface area (Å²) in [4.78, 5) is -0.0821. The van der Waals surface area contributed by atoms with Gasteiger partial charge in [-0.25, -0.2) is 8.42 Å². The molecule has 0 heterocycles. The Morgan fingerprint density at radius 2 is 1.47 bits per heavy atom. The van der Waals surface area contributed by atoms with Crippen molar-refractivity contribution in [3.63, 3.8) is 0 Å². The van der Waals surface area contributed by atoms with Crippen LogP contribution in [0, 0.1) is 13.8 Å². The monoisotopic (exact) mass is 278 g/mol. The van der Waals surface area contributed by atoms with Crippen LogP contribution in [0.3, 0.4) is 0 Å². The molecule has 0 aliphatic rings. The predicted molar refractivity (Wildman–Crippen MR) is 71.1 cm³/mol. The molecule has 0 amide bonds. The van der Waals surface area contributed by atoms with Crippen LogP contribution in [0.25, 0.3) is 0 Å². The summed E-state index contributed by atoms with van der Waals surface area (Å²) in [5.41, 5.74) is 0.961. The Morgan fingerprint density at radius 3 is 2.00 bits per heavy atom. The first-order valence-electron chi connectivity index (χ1n) is 5.67. The maximum Gasteiger partial charge on any atom is 0.210 e. The van der Waals surface area contributed by atoms with Crippen LogP contribution in [-0.2, 0) is 9.84 Å². The molecule has 0 saturated heterocycles. The van der Waals surface area contributed by atoms with E-state index in [1.165, 1.54) is 24.3 Å². The van der Waals surface area contributed by atoms with Gasteiger partial charge in [0.1, 0.15) is 16.4 Å². The first-order valence-corrected chi connectivity index (χ1v) is 7.15. The Morgan fingerprint density at radius 1 is 0.947 bits per heavy atom. The summed E-state index contributed by atoms with van der Waals surface area (Å²) < 4.78 is 24.9. The highest BCUT2D eigenvalue weighted by Gasteiger charge is 2.22. The van der Waals surface area contributed by atoms with E-state index >= 15 is 0 Å². The second kappa shape index (κ2) is 4.59. The lowest BCUT2D eigenvalue weighted by molar-refractivity contribution is 0.458. The highest BCUT2D eigenvalue weighted by Crippen LogP contribution is 2.32. The minimum Gasteiger partial charge on any atom is -0.507 e. The van der Waals surface area contributed by atoms with E-state index in [0.717, 1.165) is 0 Å². The van der Waals surface area contributed by atoms with Crippen LogP contribution < -0.4 is 0 Å². The van der Waals surface area contributed by atoms with E-state index in [1.807, 2.05) is 0 Å². The summed E-state index contributed by atoms with van der Waals surface area (Å²) in [6.07, 6.45) is 0. The lowest BCUT2D eigenvalue weighted by Gasteiger charge is -2.10.